The van der Waals surface area contributed by atoms with Crippen molar-refractivity contribution in [3.8, 4) is 0 Å². The van der Waals surface area contributed by atoms with Gasteiger partial charge in [-0.1, -0.05) is 19.1 Å². The van der Waals surface area contributed by atoms with E-state index in [1.807, 2.05) is 20.0 Å². The first-order valence-electron chi connectivity index (χ1n) is 6.71. The van der Waals surface area contributed by atoms with Gasteiger partial charge < -0.3 is 9.64 Å². The topological polar surface area (TPSA) is 29.5 Å². The number of halogens is 1. The Labute approximate surface area is 113 Å². The summed E-state index contributed by atoms with van der Waals surface area (Å²) in [7, 11) is 1.96. The van der Waals surface area contributed by atoms with E-state index in [-0.39, 0.29) is 17.5 Å². The number of carbonyl (C=O) groups is 1. The van der Waals surface area contributed by atoms with Crippen LogP contribution in [-0.2, 0) is 9.53 Å². The van der Waals surface area contributed by atoms with Crippen LogP contribution in [0.15, 0.2) is 24.3 Å². The highest BCUT2D eigenvalue weighted by atomic mass is 19.1. The molecule has 1 heterocycles. The van der Waals surface area contributed by atoms with Crippen molar-refractivity contribution < 1.29 is 13.9 Å². The summed E-state index contributed by atoms with van der Waals surface area (Å²) in [5.41, 5.74) is 0.738. The standard InChI is InChI=1S/C15H20FNO2/c1-3-7-19-14-10-17(2)9-13(15(14)18)11-5-4-6-12(16)8-11/h4-6,8,13-14H,3,7,9-10H2,1-2H3. The molecule has 1 saturated heterocycles. The predicted octanol–water partition coefficient (Wildman–Crippen LogP) is 2.22. The molecule has 1 aromatic carbocycles. The molecule has 0 aliphatic carbocycles. The minimum Gasteiger partial charge on any atom is -0.369 e. The van der Waals surface area contributed by atoms with E-state index in [9.17, 15) is 9.18 Å². The fourth-order valence-electron chi connectivity index (χ4n) is 2.46. The third-order valence-electron chi connectivity index (χ3n) is 3.41. The van der Waals surface area contributed by atoms with E-state index in [1.54, 1.807) is 6.07 Å². The molecule has 0 amide bonds. The van der Waals surface area contributed by atoms with Crippen LogP contribution in [0.4, 0.5) is 4.39 Å². The number of ether oxygens (including phenoxy) is 1. The summed E-state index contributed by atoms with van der Waals surface area (Å²) in [5, 5.41) is 0. The van der Waals surface area contributed by atoms with Gasteiger partial charge in [0.15, 0.2) is 5.78 Å². The van der Waals surface area contributed by atoms with Crippen LogP contribution >= 0.6 is 0 Å². The maximum Gasteiger partial charge on any atom is 0.171 e. The Morgan fingerprint density at radius 1 is 1.42 bits per heavy atom. The third kappa shape index (κ3) is 3.39. The van der Waals surface area contributed by atoms with Crippen LogP contribution in [0.1, 0.15) is 24.8 Å². The summed E-state index contributed by atoms with van der Waals surface area (Å²) in [6.07, 6.45) is 0.491. The van der Waals surface area contributed by atoms with Crippen LogP contribution in [0.3, 0.4) is 0 Å². The van der Waals surface area contributed by atoms with Crippen molar-refractivity contribution in [2.45, 2.75) is 25.4 Å². The molecule has 1 aliphatic rings. The van der Waals surface area contributed by atoms with E-state index in [4.69, 9.17) is 4.74 Å². The van der Waals surface area contributed by atoms with Crippen LogP contribution in [0.5, 0.6) is 0 Å². The minimum atomic E-state index is -0.396. The van der Waals surface area contributed by atoms with Gasteiger partial charge >= 0.3 is 0 Å². The van der Waals surface area contributed by atoms with Crippen LogP contribution in [0.25, 0.3) is 0 Å². The first-order valence-corrected chi connectivity index (χ1v) is 6.71. The van der Waals surface area contributed by atoms with Gasteiger partial charge in [0, 0.05) is 19.7 Å². The maximum atomic E-state index is 13.3. The molecular formula is C15H20FNO2. The Balaban J connectivity index is 2.17. The number of hydrogen-bond donors (Lipinski definition) is 0. The van der Waals surface area contributed by atoms with Crippen LogP contribution < -0.4 is 0 Å². The van der Waals surface area contributed by atoms with Crippen molar-refractivity contribution in [3.05, 3.63) is 35.6 Å². The molecule has 0 saturated carbocycles. The molecule has 104 valence electrons. The zero-order valence-electron chi connectivity index (χ0n) is 11.4. The molecule has 0 aromatic heterocycles. The summed E-state index contributed by atoms with van der Waals surface area (Å²) in [4.78, 5) is 14.5. The summed E-state index contributed by atoms with van der Waals surface area (Å²) in [6, 6.07) is 6.29. The molecule has 0 spiro atoms. The molecular weight excluding hydrogens is 245 g/mol. The lowest BCUT2D eigenvalue weighted by molar-refractivity contribution is -0.137. The number of hydrogen-bond acceptors (Lipinski definition) is 3. The Hall–Kier alpha value is -1.26. The van der Waals surface area contributed by atoms with Crippen molar-refractivity contribution in [2.75, 3.05) is 26.7 Å². The number of rotatable bonds is 4. The second-order valence-corrected chi connectivity index (χ2v) is 5.09. The highest BCUT2D eigenvalue weighted by Crippen LogP contribution is 2.25. The normalized spacial score (nSPS) is 24.7. The Bertz CT molecular complexity index is 450. The smallest absolute Gasteiger partial charge is 0.171 e. The molecule has 3 nitrogen and oxygen atoms in total. The highest BCUT2D eigenvalue weighted by Gasteiger charge is 2.35. The van der Waals surface area contributed by atoms with Gasteiger partial charge in [-0.25, -0.2) is 4.39 Å². The Morgan fingerprint density at radius 3 is 2.89 bits per heavy atom. The molecule has 0 N–H and O–H groups in total. The summed E-state index contributed by atoms with van der Waals surface area (Å²) < 4.78 is 18.9. The number of piperidine rings is 1. The molecule has 4 heteroatoms. The first-order chi connectivity index (χ1) is 9.11. The third-order valence-corrected chi connectivity index (χ3v) is 3.41. The van der Waals surface area contributed by atoms with E-state index in [1.165, 1.54) is 12.1 Å². The number of Topliss-reactive ketones (excluding diaryl/α,β-unsaturated/α-hetero) is 1. The molecule has 1 aliphatic heterocycles. The minimum absolute atomic E-state index is 0.0668. The van der Waals surface area contributed by atoms with Crippen LogP contribution in [0.2, 0.25) is 0 Å². The summed E-state index contributed by atoms with van der Waals surface area (Å²) >= 11 is 0. The van der Waals surface area contributed by atoms with E-state index in [0.717, 1.165) is 12.0 Å². The quantitative estimate of drug-likeness (QED) is 0.836. The molecule has 2 rings (SSSR count). The number of ketones is 1. The predicted molar refractivity (Wildman–Crippen MR) is 71.7 cm³/mol. The monoisotopic (exact) mass is 265 g/mol. The average molecular weight is 265 g/mol. The van der Waals surface area contributed by atoms with Crippen LogP contribution in [-0.4, -0.2) is 43.5 Å². The number of likely N-dealkylation sites (tertiary alicyclic amines) is 1. The van der Waals surface area contributed by atoms with Gasteiger partial charge in [0.05, 0.1) is 5.92 Å². The molecule has 0 bridgehead atoms. The first kappa shape index (κ1) is 14.2. The highest BCUT2D eigenvalue weighted by molar-refractivity contribution is 5.91. The van der Waals surface area contributed by atoms with Gasteiger partial charge in [-0.05, 0) is 31.2 Å². The van der Waals surface area contributed by atoms with E-state index < -0.39 is 6.10 Å². The number of benzene rings is 1. The van der Waals surface area contributed by atoms with Gasteiger partial charge in [-0.3, -0.25) is 4.79 Å². The van der Waals surface area contributed by atoms with Gasteiger partial charge in [0.1, 0.15) is 11.9 Å². The van der Waals surface area contributed by atoms with Crippen molar-refractivity contribution in [3.63, 3.8) is 0 Å². The number of likely N-dealkylation sites (N-methyl/N-ethyl adjacent to an activating group) is 1. The van der Waals surface area contributed by atoms with Gasteiger partial charge in [0.25, 0.3) is 0 Å². The van der Waals surface area contributed by atoms with E-state index in [2.05, 4.69) is 4.90 Å². The maximum absolute atomic E-state index is 13.3. The zero-order valence-corrected chi connectivity index (χ0v) is 11.4. The van der Waals surface area contributed by atoms with Gasteiger partial charge in [-0.2, -0.15) is 0 Å². The second kappa shape index (κ2) is 6.26. The lowest BCUT2D eigenvalue weighted by atomic mass is 9.88. The van der Waals surface area contributed by atoms with Crippen LogP contribution in [0, 0.1) is 5.82 Å². The number of carbonyl (C=O) groups excluding carboxylic acids is 1. The molecule has 0 radical (unpaired) electrons. The van der Waals surface area contributed by atoms with E-state index >= 15 is 0 Å². The SMILES string of the molecule is CCCOC1CN(C)CC(c2cccc(F)c2)C1=O. The largest absolute Gasteiger partial charge is 0.369 e. The lowest BCUT2D eigenvalue weighted by Gasteiger charge is -2.34. The van der Waals surface area contributed by atoms with Gasteiger partial charge in [0.2, 0.25) is 0 Å². The second-order valence-electron chi connectivity index (χ2n) is 5.09. The number of nitrogens with zero attached hydrogens (tertiary/aromatic N) is 1. The van der Waals surface area contributed by atoms with Crippen molar-refractivity contribution in [1.29, 1.82) is 0 Å². The molecule has 2 atom stereocenters. The van der Waals surface area contributed by atoms with Crippen molar-refractivity contribution >= 4 is 5.78 Å². The molecule has 2 unspecified atom stereocenters. The summed E-state index contributed by atoms with van der Waals surface area (Å²) in [5.74, 6) is -0.530. The van der Waals surface area contributed by atoms with E-state index in [0.29, 0.717) is 19.7 Å². The van der Waals surface area contributed by atoms with Gasteiger partial charge in [-0.15, -0.1) is 0 Å². The Kier molecular flexibility index (Phi) is 4.66. The fraction of sp³-hybridized carbons (Fsp3) is 0.533. The summed E-state index contributed by atoms with van der Waals surface area (Å²) in [6.45, 7) is 3.83. The average Bonchev–Trinajstić information content (AvgIpc) is 2.39. The molecule has 19 heavy (non-hydrogen) atoms. The fourth-order valence-corrected chi connectivity index (χ4v) is 2.46. The molecule has 1 fully saturated rings. The lowest BCUT2D eigenvalue weighted by Crippen LogP contribution is -2.48. The zero-order chi connectivity index (χ0) is 13.8. The van der Waals surface area contributed by atoms with Crippen molar-refractivity contribution in [1.82, 2.24) is 4.90 Å². The Morgan fingerprint density at radius 2 is 2.21 bits per heavy atom. The van der Waals surface area contributed by atoms with Crippen molar-refractivity contribution in [2.24, 2.45) is 0 Å². The molecule has 1 aromatic rings.